The standard InChI is InChI=1S/C33H47N3O5/c1-8-18-34(23-14-11-10-12-15-23)28(38)25-24-16-17-33(41-24)26(25)29(39)35(20-13-21-37)27(33)30(40)36(19-9-2)32(6,7)22-31(3,4)5/h8-12,14-15,24-27,37H,1-2,13,16-22H2,3-7H3/t24-,25+,26+,27?,33?/m1/s1. The Bertz CT molecular complexity index is 1160. The highest BCUT2D eigenvalue weighted by Crippen LogP contribution is 2.59. The minimum atomic E-state index is -1.09. The summed E-state index contributed by atoms with van der Waals surface area (Å²) in [7, 11) is 0. The molecule has 2 bridgehead atoms. The normalized spacial score (nSPS) is 27.1. The van der Waals surface area contributed by atoms with E-state index in [2.05, 4.69) is 47.8 Å². The summed E-state index contributed by atoms with van der Waals surface area (Å²) in [5.41, 5.74) is -0.935. The van der Waals surface area contributed by atoms with Gasteiger partial charge >= 0.3 is 0 Å². The zero-order chi connectivity index (χ0) is 30.2. The van der Waals surface area contributed by atoms with E-state index >= 15 is 0 Å². The number of fused-ring (bicyclic) bond motifs is 1. The number of nitrogens with zero attached hydrogens (tertiary/aromatic N) is 3. The molecular formula is C33H47N3O5. The van der Waals surface area contributed by atoms with E-state index in [4.69, 9.17) is 4.74 Å². The molecule has 0 radical (unpaired) electrons. The highest BCUT2D eigenvalue weighted by molar-refractivity contribution is 6.03. The number of hydrogen-bond acceptors (Lipinski definition) is 5. The quantitative estimate of drug-likeness (QED) is 0.384. The van der Waals surface area contributed by atoms with Crippen LogP contribution < -0.4 is 4.90 Å². The van der Waals surface area contributed by atoms with Crippen molar-refractivity contribution in [1.29, 1.82) is 0 Å². The topological polar surface area (TPSA) is 90.4 Å². The van der Waals surface area contributed by atoms with Crippen LogP contribution in [-0.2, 0) is 19.1 Å². The summed E-state index contributed by atoms with van der Waals surface area (Å²) >= 11 is 0. The second-order valence-electron chi connectivity index (χ2n) is 13.5. The van der Waals surface area contributed by atoms with Gasteiger partial charge in [0.15, 0.2) is 0 Å². The summed E-state index contributed by atoms with van der Waals surface area (Å²) in [6.45, 7) is 19.0. The number of amides is 3. The van der Waals surface area contributed by atoms with E-state index in [-0.39, 0.29) is 36.3 Å². The number of aliphatic hydroxyl groups excluding tert-OH is 1. The summed E-state index contributed by atoms with van der Waals surface area (Å²) < 4.78 is 6.67. The van der Waals surface area contributed by atoms with E-state index in [0.29, 0.717) is 32.4 Å². The lowest BCUT2D eigenvalue weighted by atomic mass is 9.70. The Morgan fingerprint density at radius 2 is 1.76 bits per heavy atom. The molecule has 5 atom stereocenters. The highest BCUT2D eigenvalue weighted by atomic mass is 16.5. The van der Waals surface area contributed by atoms with Gasteiger partial charge in [-0.1, -0.05) is 51.1 Å². The fraction of sp³-hybridized carbons (Fsp3) is 0.606. The van der Waals surface area contributed by atoms with Crippen molar-refractivity contribution in [3.63, 3.8) is 0 Å². The summed E-state index contributed by atoms with van der Waals surface area (Å²) in [5.74, 6) is -2.09. The molecule has 3 heterocycles. The number of benzene rings is 1. The molecular weight excluding hydrogens is 518 g/mol. The second kappa shape index (κ2) is 11.7. The Balaban J connectivity index is 1.76. The molecule has 3 saturated heterocycles. The summed E-state index contributed by atoms with van der Waals surface area (Å²) in [4.78, 5) is 48.3. The summed E-state index contributed by atoms with van der Waals surface area (Å²) in [5, 5.41) is 9.67. The van der Waals surface area contributed by atoms with Crippen molar-refractivity contribution in [2.24, 2.45) is 17.3 Å². The molecule has 224 valence electrons. The van der Waals surface area contributed by atoms with Gasteiger partial charge in [-0.15, -0.1) is 13.2 Å². The first kappa shape index (κ1) is 31.0. The van der Waals surface area contributed by atoms with Crippen molar-refractivity contribution < 1.29 is 24.2 Å². The van der Waals surface area contributed by atoms with Gasteiger partial charge in [-0.2, -0.15) is 0 Å². The third kappa shape index (κ3) is 5.61. The van der Waals surface area contributed by atoms with Gasteiger partial charge in [0, 0.05) is 37.5 Å². The molecule has 0 aliphatic carbocycles. The third-order valence-electron chi connectivity index (χ3n) is 8.79. The average Bonchev–Trinajstić information content (AvgIpc) is 3.54. The molecule has 1 N–H and O–H groups in total. The SMILES string of the molecule is C=CCN(C(=O)[C@@H]1[C@H]2C(=O)N(CCCO)C(C(=O)N(CC=C)C(C)(C)CC(C)(C)C)C23CC[C@H]1O3)c1ccccc1. The van der Waals surface area contributed by atoms with Crippen molar-refractivity contribution in [3.05, 3.63) is 55.6 Å². The van der Waals surface area contributed by atoms with Crippen LogP contribution in [0.4, 0.5) is 5.69 Å². The number of likely N-dealkylation sites (tertiary alicyclic amines) is 1. The van der Waals surface area contributed by atoms with Gasteiger partial charge in [0.25, 0.3) is 0 Å². The van der Waals surface area contributed by atoms with Crippen molar-refractivity contribution in [3.8, 4) is 0 Å². The Kier molecular flexibility index (Phi) is 8.86. The molecule has 3 amide bonds. The van der Waals surface area contributed by atoms with Crippen LogP contribution in [0.1, 0.15) is 60.3 Å². The van der Waals surface area contributed by atoms with Gasteiger partial charge in [0.1, 0.15) is 11.6 Å². The minimum absolute atomic E-state index is 0.0437. The monoisotopic (exact) mass is 565 g/mol. The Morgan fingerprint density at radius 3 is 2.34 bits per heavy atom. The van der Waals surface area contributed by atoms with Crippen LogP contribution in [0.15, 0.2) is 55.6 Å². The smallest absolute Gasteiger partial charge is 0.249 e. The number of aliphatic hydroxyl groups is 1. The molecule has 1 aromatic carbocycles. The zero-order valence-electron chi connectivity index (χ0n) is 25.3. The molecule has 3 aliphatic heterocycles. The zero-order valence-corrected chi connectivity index (χ0v) is 25.3. The van der Waals surface area contributed by atoms with Gasteiger partial charge in [0.2, 0.25) is 17.7 Å². The van der Waals surface area contributed by atoms with E-state index < -0.39 is 35.1 Å². The van der Waals surface area contributed by atoms with Crippen LogP contribution in [0, 0.1) is 17.3 Å². The largest absolute Gasteiger partial charge is 0.396 e. The number of hydrogen-bond donors (Lipinski definition) is 1. The average molecular weight is 566 g/mol. The maximum Gasteiger partial charge on any atom is 0.249 e. The first-order valence-corrected chi connectivity index (χ1v) is 14.8. The van der Waals surface area contributed by atoms with Crippen LogP contribution in [0.2, 0.25) is 0 Å². The number of anilines is 1. The van der Waals surface area contributed by atoms with Gasteiger partial charge in [-0.05, 0) is 57.1 Å². The predicted octanol–water partition coefficient (Wildman–Crippen LogP) is 4.19. The number of ether oxygens (including phenoxy) is 1. The van der Waals surface area contributed by atoms with Crippen LogP contribution in [0.3, 0.4) is 0 Å². The Hall–Kier alpha value is -2.97. The van der Waals surface area contributed by atoms with E-state index in [0.717, 1.165) is 12.1 Å². The molecule has 8 heteroatoms. The first-order valence-electron chi connectivity index (χ1n) is 14.8. The molecule has 41 heavy (non-hydrogen) atoms. The lowest BCUT2D eigenvalue weighted by Crippen LogP contribution is -2.61. The number of para-hydroxylation sites is 1. The molecule has 1 spiro atoms. The summed E-state index contributed by atoms with van der Waals surface area (Å²) in [6, 6.07) is 8.49. The Morgan fingerprint density at radius 1 is 1.10 bits per heavy atom. The van der Waals surface area contributed by atoms with E-state index in [1.807, 2.05) is 35.2 Å². The van der Waals surface area contributed by atoms with E-state index in [9.17, 15) is 19.5 Å². The molecule has 2 unspecified atom stereocenters. The van der Waals surface area contributed by atoms with E-state index in [1.165, 1.54) is 0 Å². The Labute approximate surface area is 245 Å². The van der Waals surface area contributed by atoms with Crippen LogP contribution in [0.5, 0.6) is 0 Å². The molecule has 0 saturated carbocycles. The van der Waals surface area contributed by atoms with Crippen molar-refractivity contribution in [2.75, 3.05) is 31.1 Å². The maximum absolute atomic E-state index is 14.7. The van der Waals surface area contributed by atoms with Gasteiger partial charge in [-0.3, -0.25) is 14.4 Å². The predicted molar refractivity (Wildman–Crippen MR) is 160 cm³/mol. The molecule has 4 rings (SSSR count). The highest BCUT2D eigenvalue weighted by Gasteiger charge is 2.75. The number of rotatable bonds is 12. The minimum Gasteiger partial charge on any atom is -0.396 e. The van der Waals surface area contributed by atoms with Crippen molar-refractivity contribution >= 4 is 23.4 Å². The maximum atomic E-state index is 14.7. The lowest BCUT2D eigenvalue weighted by Gasteiger charge is -2.45. The van der Waals surface area contributed by atoms with Crippen LogP contribution >= 0.6 is 0 Å². The van der Waals surface area contributed by atoms with Gasteiger partial charge in [-0.25, -0.2) is 0 Å². The van der Waals surface area contributed by atoms with Crippen molar-refractivity contribution in [2.45, 2.75) is 83.6 Å². The summed E-state index contributed by atoms with van der Waals surface area (Å²) in [6.07, 6.45) is 5.15. The first-order chi connectivity index (χ1) is 19.3. The van der Waals surface area contributed by atoms with Crippen LogP contribution in [0.25, 0.3) is 0 Å². The fourth-order valence-electron chi connectivity index (χ4n) is 7.74. The van der Waals surface area contributed by atoms with E-state index in [1.54, 1.807) is 22.0 Å². The van der Waals surface area contributed by atoms with Crippen LogP contribution in [-0.4, -0.2) is 82.2 Å². The second-order valence-corrected chi connectivity index (χ2v) is 13.5. The number of carbonyl (C=O) groups is 3. The molecule has 8 nitrogen and oxygen atoms in total. The fourth-order valence-corrected chi connectivity index (χ4v) is 7.74. The van der Waals surface area contributed by atoms with Gasteiger partial charge < -0.3 is 24.5 Å². The molecule has 1 aromatic rings. The van der Waals surface area contributed by atoms with Gasteiger partial charge in [0.05, 0.1) is 17.9 Å². The van der Waals surface area contributed by atoms with Crippen molar-refractivity contribution in [1.82, 2.24) is 9.80 Å². The molecule has 0 aromatic heterocycles. The third-order valence-corrected chi connectivity index (χ3v) is 8.79. The molecule has 3 fully saturated rings. The lowest BCUT2D eigenvalue weighted by molar-refractivity contribution is -0.152. The number of carbonyl (C=O) groups excluding carboxylic acids is 3. The molecule has 3 aliphatic rings.